The fourth-order valence-corrected chi connectivity index (χ4v) is 2.97. The van der Waals surface area contributed by atoms with Crippen molar-refractivity contribution < 1.29 is 8.97 Å². The van der Waals surface area contributed by atoms with E-state index in [0.717, 1.165) is 6.54 Å². The van der Waals surface area contributed by atoms with Gasteiger partial charge in [0.2, 0.25) is 0 Å². The van der Waals surface area contributed by atoms with E-state index in [4.69, 9.17) is 0 Å². The number of hydrogen-bond acceptors (Lipinski definition) is 4. The van der Waals surface area contributed by atoms with Crippen LogP contribution in [0, 0.1) is 0 Å². The Bertz CT molecular complexity index is 1130. The molecule has 28 heavy (non-hydrogen) atoms. The number of nitrogens with zero attached hydrogens (tertiary/aromatic N) is 6. The first-order chi connectivity index (χ1) is 13.0. The highest BCUT2D eigenvalue weighted by molar-refractivity contribution is 5.83. The standard InChI is InChI=1S/C20H30N6O2/c1-25(2,3)13-11-23-18-17(21-15-9-7-8-10-16(15)22-18)19(27)24(20(23)28)12-14-26(4,5)6/h7-10H,11-14H2,1-6H3/q+2. The van der Waals surface area contributed by atoms with Gasteiger partial charge in [0.25, 0.3) is 5.56 Å². The average molecular weight is 387 g/mol. The van der Waals surface area contributed by atoms with Crippen molar-refractivity contribution in [3.05, 3.63) is 45.1 Å². The molecule has 2 aromatic heterocycles. The number of fused-ring (bicyclic) bond motifs is 2. The molecule has 0 fully saturated rings. The number of hydrogen-bond donors (Lipinski definition) is 0. The van der Waals surface area contributed by atoms with Gasteiger partial charge >= 0.3 is 5.69 Å². The summed E-state index contributed by atoms with van der Waals surface area (Å²) in [6, 6.07) is 7.42. The van der Waals surface area contributed by atoms with Crippen LogP contribution in [0.25, 0.3) is 22.2 Å². The van der Waals surface area contributed by atoms with Crippen molar-refractivity contribution in [3.63, 3.8) is 0 Å². The molecule has 0 unspecified atom stereocenters. The highest BCUT2D eigenvalue weighted by Gasteiger charge is 2.20. The molecule has 2 heterocycles. The van der Waals surface area contributed by atoms with Crippen LogP contribution in [0.1, 0.15) is 0 Å². The van der Waals surface area contributed by atoms with Crippen molar-refractivity contribution in [2.24, 2.45) is 0 Å². The molecule has 0 atom stereocenters. The van der Waals surface area contributed by atoms with Crippen molar-refractivity contribution in [3.8, 4) is 0 Å². The van der Waals surface area contributed by atoms with Crippen molar-refractivity contribution in [1.29, 1.82) is 0 Å². The van der Waals surface area contributed by atoms with Crippen LogP contribution >= 0.6 is 0 Å². The van der Waals surface area contributed by atoms with Crippen LogP contribution in [0.2, 0.25) is 0 Å². The van der Waals surface area contributed by atoms with Crippen LogP contribution in [0.15, 0.2) is 33.9 Å². The molecule has 0 amide bonds. The summed E-state index contributed by atoms with van der Waals surface area (Å²) >= 11 is 0. The van der Waals surface area contributed by atoms with Crippen molar-refractivity contribution in [2.75, 3.05) is 55.4 Å². The topological polar surface area (TPSA) is 69.8 Å². The van der Waals surface area contributed by atoms with E-state index in [1.807, 2.05) is 45.4 Å². The van der Waals surface area contributed by atoms with Crippen LogP contribution in [0.5, 0.6) is 0 Å². The molecule has 1 aromatic carbocycles. The summed E-state index contributed by atoms with van der Waals surface area (Å²) < 4.78 is 4.28. The average Bonchev–Trinajstić information content (AvgIpc) is 2.58. The zero-order valence-corrected chi connectivity index (χ0v) is 17.6. The molecule has 0 aliphatic rings. The molecule has 0 aliphatic carbocycles. The molecule has 8 nitrogen and oxygen atoms in total. The summed E-state index contributed by atoms with van der Waals surface area (Å²) in [6.07, 6.45) is 0. The molecule has 0 saturated heterocycles. The van der Waals surface area contributed by atoms with Crippen LogP contribution in [-0.2, 0) is 13.1 Å². The highest BCUT2D eigenvalue weighted by Crippen LogP contribution is 2.13. The van der Waals surface area contributed by atoms with E-state index in [1.165, 1.54) is 4.57 Å². The Morgan fingerprint density at radius 3 is 1.82 bits per heavy atom. The molecular formula is C20H30N6O2+2. The van der Waals surface area contributed by atoms with E-state index >= 15 is 0 Å². The number of aromatic nitrogens is 4. The largest absolute Gasteiger partial charge is 0.333 e. The first-order valence-electron chi connectivity index (χ1n) is 9.47. The van der Waals surface area contributed by atoms with Gasteiger partial charge in [-0.15, -0.1) is 0 Å². The summed E-state index contributed by atoms with van der Waals surface area (Å²) in [6.45, 7) is 2.21. The molecular weight excluding hydrogens is 356 g/mol. The van der Waals surface area contributed by atoms with Crippen LogP contribution in [-0.4, -0.2) is 83.4 Å². The third-order valence-corrected chi connectivity index (χ3v) is 4.71. The number of rotatable bonds is 6. The van der Waals surface area contributed by atoms with Crippen LogP contribution < -0.4 is 11.2 Å². The lowest BCUT2D eigenvalue weighted by Crippen LogP contribution is -2.47. The van der Waals surface area contributed by atoms with E-state index < -0.39 is 0 Å². The van der Waals surface area contributed by atoms with Gasteiger partial charge in [0.05, 0.1) is 79.5 Å². The van der Waals surface area contributed by atoms with Gasteiger partial charge in [-0.2, -0.15) is 0 Å². The maximum absolute atomic E-state index is 13.2. The van der Waals surface area contributed by atoms with E-state index in [0.29, 0.717) is 45.3 Å². The number of likely N-dealkylation sites (N-methyl/N-ethyl adjacent to an activating group) is 2. The number of benzene rings is 1. The van der Waals surface area contributed by atoms with E-state index in [9.17, 15) is 9.59 Å². The van der Waals surface area contributed by atoms with Gasteiger partial charge in [-0.05, 0) is 12.1 Å². The van der Waals surface area contributed by atoms with Gasteiger partial charge in [-0.25, -0.2) is 14.8 Å². The second kappa shape index (κ2) is 7.10. The quantitative estimate of drug-likeness (QED) is 0.457. The third-order valence-electron chi connectivity index (χ3n) is 4.71. The molecule has 0 radical (unpaired) electrons. The van der Waals surface area contributed by atoms with Gasteiger partial charge in [0, 0.05) is 0 Å². The van der Waals surface area contributed by atoms with Crippen LogP contribution in [0.4, 0.5) is 0 Å². The van der Waals surface area contributed by atoms with Gasteiger partial charge in [-0.1, -0.05) is 12.1 Å². The predicted octanol–water partition coefficient (Wildman–Crippen LogP) is 0.519. The Morgan fingerprint density at radius 2 is 1.29 bits per heavy atom. The Hall–Kier alpha value is -2.58. The molecule has 0 bridgehead atoms. The zero-order chi connectivity index (χ0) is 20.7. The summed E-state index contributed by atoms with van der Waals surface area (Å²) in [5.41, 5.74) is 1.26. The minimum Gasteiger partial charge on any atom is -0.329 e. The Kier molecular flexibility index (Phi) is 5.12. The molecule has 3 aromatic rings. The smallest absolute Gasteiger partial charge is 0.329 e. The minimum absolute atomic E-state index is 0.251. The van der Waals surface area contributed by atoms with Gasteiger partial charge < -0.3 is 8.97 Å². The SMILES string of the molecule is C[N+](C)(C)CCn1c(=O)c2nc3ccccc3nc2n(CC[N+](C)(C)C)c1=O. The molecule has 0 spiro atoms. The molecule has 3 rings (SSSR count). The molecule has 0 saturated carbocycles. The number of para-hydroxylation sites is 2. The van der Waals surface area contributed by atoms with Crippen molar-refractivity contribution in [1.82, 2.24) is 19.1 Å². The normalized spacial score (nSPS) is 12.8. The van der Waals surface area contributed by atoms with Crippen molar-refractivity contribution >= 4 is 22.2 Å². The first-order valence-corrected chi connectivity index (χ1v) is 9.47. The summed E-state index contributed by atoms with van der Waals surface area (Å²) in [4.78, 5) is 35.5. The minimum atomic E-state index is -0.367. The third kappa shape index (κ3) is 4.28. The molecule has 150 valence electrons. The lowest BCUT2D eigenvalue weighted by atomic mass is 10.3. The lowest BCUT2D eigenvalue weighted by Gasteiger charge is -2.25. The second-order valence-electron chi connectivity index (χ2n) is 9.30. The zero-order valence-electron chi connectivity index (χ0n) is 17.6. The maximum atomic E-state index is 13.2. The summed E-state index contributed by atoms with van der Waals surface area (Å²) in [7, 11) is 12.3. The summed E-state index contributed by atoms with van der Waals surface area (Å²) in [5.74, 6) is 0. The van der Waals surface area contributed by atoms with Crippen LogP contribution in [0.3, 0.4) is 0 Å². The van der Waals surface area contributed by atoms with Gasteiger partial charge in [0.15, 0.2) is 11.2 Å². The van der Waals surface area contributed by atoms with Crippen molar-refractivity contribution in [2.45, 2.75) is 13.1 Å². The Balaban J connectivity index is 2.27. The monoisotopic (exact) mass is 386 g/mol. The fourth-order valence-electron chi connectivity index (χ4n) is 2.97. The van der Waals surface area contributed by atoms with E-state index in [1.54, 1.807) is 4.57 Å². The fraction of sp³-hybridized carbons (Fsp3) is 0.500. The number of quaternary nitrogens is 2. The first kappa shape index (κ1) is 20.2. The predicted molar refractivity (Wildman–Crippen MR) is 111 cm³/mol. The Labute approximate surface area is 164 Å². The van der Waals surface area contributed by atoms with Gasteiger partial charge in [-0.3, -0.25) is 13.9 Å². The molecule has 8 heteroatoms. The summed E-state index contributed by atoms with van der Waals surface area (Å²) in [5, 5.41) is 0. The molecule has 0 N–H and O–H groups in total. The van der Waals surface area contributed by atoms with Gasteiger partial charge in [0.1, 0.15) is 0 Å². The Morgan fingerprint density at radius 1 is 0.786 bits per heavy atom. The lowest BCUT2D eigenvalue weighted by molar-refractivity contribution is -0.871. The maximum Gasteiger partial charge on any atom is 0.333 e. The van der Waals surface area contributed by atoms with E-state index in [-0.39, 0.29) is 16.8 Å². The van der Waals surface area contributed by atoms with E-state index in [2.05, 4.69) is 31.1 Å². The second-order valence-corrected chi connectivity index (χ2v) is 9.30. The highest BCUT2D eigenvalue weighted by atomic mass is 16.2. The molecule has 0 aliphatic heterocycles.